The maximum absolute atomic E-state index is 13.5. The van der Waals surface area contributed by atoms with Crippen molar-refractivity contribution in [2.75, 3.05) is 0 Å². The van der Waals surface area contributed by atoms with E-state index in [1.54, 1.807) is 12.1 Å². The summed E-state index contributed by atoms with van der Waals surface area (Å²) in [4.78, 5) is 7.68. The van der Waals surface area contributed by atoms with Crippen molar-refractivity contribution in [1.82, 2.24) is 4.98 Å². The Bertz CT molecular complexity index is 627. The van der Waals surface area contributed by atoms with Gasteiger partial charge in [0.1, 0.15) is 11.5 Å². The molecule has 0 saturated carbocycles. The molecule has 0 bridgehead atoms. The number of halogens is 2. The predicted molar refractivity (Wildman–Crippen MR) is 66.1 cm³/mol. The molecule has 0 spiro atoms. The van der Waals surface area contributed by atoms with Gasteiger partial charge in [0.2, 0.25) is 5.88 Å². The van der Waals surface area contributed by atoms with Gasteiger partial charge in [0.05, 0.1) is 0 Å². The van der Waals surface area contributed by atoms with Crippen LogP contribution in [-0.4, -0.2) is 10.9 Å². The molecule has 1 heterocycles. The van der Waals surface area contributed by atoms with Crippen LogP contribution < -0.4 is 16.2 Å². The zero-order valence-electron chi connectivity index (χ0n) is 9.68. The van der Waals surface area contributed by atoms with E-state index in [1.807, 2.05) is 0 Å². The van der Waals surface area contributed by atoms with Gasteiger partial charge in [-0.15, -0.1) is 0 Å². The number of nitrogens with zero attached hydrogens (tertiary/aromatic N) is 2. The maximum atomic E-state index is 13.5. The van der Waals surface area contributed by atoms with E-state index in [2.05, 4.69) is 9.98 Å². The fraction of sp³-hybridized carbons (Fsp3) is 0. The van der Waals surface area contributed by atoms with Crippen molar-refractivity contribution in [2.24, 2.45) is 16.5 Å². The first-order chi connectivity index (χ1) is 9.06. The van der Waals surface area contributed by atoms with E-state index in [-0.39, 0.29) is 23.3 Å². The second-order valence-electron chi connectivity index (χ2n) is 3.54. The highest BCUT2D eigenvalue weighted by Crippen LogP contribution is 2.30. The average molecular weight is 264 g/mol. The predicted octanol–water partition coefficient (Wildman–Crippen LogP) is 2.06. The highest BCUT2D eigenvalue weighted by Gasteiger charge is 2.10. The lowest BCUT2D eigenvalue weighted by atomic mass is 10.3. The van der Waals surface area contributed by atoms with Crippen LogP contribution in [0.1, 0.15) is 0 Å². The number of hydrogen-bond acceptors (Lipinski definition) is 3. The minimum atomic E-state index is -0.846. The summed E-state index contributed by atoms with van der Waals surface area (Å²) in [5, 5.41) is 0. The Morgan fingerprint density at radius 3 is 2.68 bits per heavy atom. The first kappa shape index (κ1) is 12.7. The molecule has 1 aromatic carbocycles. The van der Waals surface area contributed by atoms with Gasteiger partial charge in [0.25, 0.3) is 0 Å². The molecule has 0 radical (unpaired) electrons. The van der Waals surface area contributed by atoms with E-state index in [9.17, 15) is 8.78 Å². The van der Waals surface area contributed by atoms with Gasteiger partial charge in [-0.1, -0.05) is 0 Å². The third-order valence-corrected chi connectivity index (χ3v) is 2.10. The number of nitrogens with two attached hydrogens (primary N) is 2. The number of benzene rings is 1. The molecular formula is C12H10F2N4O. The molecule has 0 unspecified atom stereocenters. The topological polar surface area (TPSA) is 86.5 Å². The summed E-state index contributed by atoms with van der Waals surface area (Å²) in [6.07, 6.45) is 1.43. The summed E-state index contributed by atoms with van der Waals surface area (Å²) in [6.45, 7) is 0. The first-order valence-corrected chi connectivity index (χ1v) is 5.24. The molecule has 0 amide bonds. The minimum Gasteiger partial charge on any atom is -0.434 e. The fourth-order valence-corrected chi connectivity index (χ4v) is 1.35. The number of aromatic nitrogens is 1. The van der Waals surface area contributed by atoms with Gasteiger partial charge in [-0.25, -0.2) is 18.8 Å². The molecule has 2 aromatic rings. The average Bonchev–Trinajstić information content (AvgIpc) is 2.34. The molecule has 19 heavy (non-hydrogen) atoms. The molecule has 4 N–H and O–H groups in total. The summed E-state index contributed by atoms with van der Waals surface area (Å²) < 4.78 is 31.4. The van der Waals surface area contributed by atoms with Crippen LogP contribution in [0.2, 0.25) is 0 Å². The van der Waals surface area contributed by atoms with Crippen molar-refractivity contribution >= 4 is 11.6 Å². The standard InChI is InChI=1S/C12H10F2N4O/c13-7-3-4-10(8(14)6-7)19-11-9(18-12(15)16)2-1-5-17-11/h1-6H,(H4,15,16,18). The van der Waals surface area contributed by atoms with E-state index in [0.717, 1.165) is 12.1 Å². The Hall–Kier alpha value is -2.70. The molecule has 0 fully saturated rings. The van der Waals surface area contributed by atoms with Crippen LogP contribution in [0.25, 0.3) is 0 Å². The molecule has 2 rings (SSSR count). The lowest BCUT2D eigenvalue weighted by molar-refractivity contribution is 0.425. The van der Waals surface area contributed by atoms with Gasteiger partial charge in [0, 0.05) is 12.3 Å². The van der Waals surface area contributed by atoms with Crippen LogP contribution in [-0.2, 0) is 0 Å². The molecule has 1 aromatic heterocycles. The van der Waals surface area contributed by atoms with E-state index < -0.39 is 11.6 Å². The van der Waals surface area contributed by atoms with Gasteiger partial charge in [-0.05, 0) is 24.3 Å². The van der Waals surface area contributed by atoms with Crippen molar-refractivity contribution in [1.29, 1.82) is 0 Å². The van der Waals surface area contributed by atoms with Gasteiger partial charge >= 0.3 is 0 Å². The van der Waals surface area contributed by atoms with E-state index >= 15 is 0 Å². The number of pyridine rings is 1. The van der Waals surface area contributed by atoms with Crippen molar-refractivity contribution in [3.8, 4) is 11.6 Å². The molecule has 98 valence electrons. The van der Waals surface area contributed by atoms with Gasteiger partial charge in [0.15, 0.2) is 17.5 Å². The minimum absolute atomic E-state index is 0.0152. The van der Waals surface area contributed by atoms with Crippen molar-refractivity contribution in [3.05, 3.63) is 48.2 Å². The van der Waals surface area contributed by atoms with E-state index in [4.69, 9.17) is 16.2 Å². The Balaban J connectivity index is 2.35. The Morgan fingerprint density at radius 2 is 2.00 bits per heavy atom. The van der Waals surface area contributed by atoms with Gasteiger partial charge in [-0.2, -0.15) is 0 Å². The Morgan fingerprint density at radius 1 is 1.21 bits per heavy atom. The van der Waals surface area contributed by atoms with Crippen molar-refractivity contribution < 1.29 is 13.5 Å². The van der Waals surface area contributed by atoms with Crippen LogP contribution in [0.3, 0.4) is 0 Å². The third kappa shape index (κ3) is 3.15. The van der Waals surface area contributed by atoms with Crippen LogP contribution >= 0.6 is 0 Å². The summed E-state index contributed by atoms with van der Waals surface area (Å²) in [6, 6.07) is 6.07. The normalized spacial score (nSPS) is 10.0. The Labute approximate surface area is 107 Å². The smallest absolute Gasteiger partial charge is 0.245 e. The summed E-state index contributed by atoms with van der Waals surface area (Å²) in [5.41, 5.74) is 10.8. The van der Waals surface area contributed by atoms with Gasteiger partial charge < -0.3 is 16.2 Å². The number of rotatable bonds is 3. The van der Waals surface area contributed by atoms with E-state index in [0.29, 0.717) is 6.07 Å². The number of ether oxygens (including phenoxy) is 1. The summed E-state index contributed by atoms with van der Waals surface area (Å²) >= 11 is 0. The molecule has 0 saturated heterocycles. The maximum Gasteiger partial charge on any atom is 0.245 e. The molecule has 0 aliphatic heterocycles. The lowest BCUT2D eigenvalue weighted by Gasteiger charge is -2.07. The summed E-state index contributed by atoms with van der Waals surface area (Å²) in [5.74, 6) is -1.89. The monoisotopic (exact) mass is 264 g/mol. The zero-order chi connectivity index (χ0) is 13.8. The van der Waals surface area contributed by atoms with Crippen LogP contribution in [0.4, 0.5) is 14.5 Å². The molecule has 0 aliphatic rings. The van der Waals surface area contributed by atoms with Crippen LogP contribution in [0.5, 0.6) is 11.6 Å². The van der Waals surface area contributed by atoms with E-state index in [1.165, 1.54) is 6.20 Å². The van der Waals surface area contributed by atoms with Gasteiger partial charge in [-0.3, -0.25) is 0 Å². The zero-order valence-corrected chi connectivity index (χ0v) is 9.68. The summed E-state index contributed by atoms with van der Waals surface area (Å²) in [7, 11) is 0. The molecule has 0 atom stereocenters. The fourth-order valence-electron chi connectivity index (χ4n) is 1.35. The number of hydrogen-bond donors (Lipinski definition) is 2. The molecule has 7 heteroatoms. The number of aliphatic imine (C=N–C) groups is 1. The lowest BCUT2D eigenvalue weighted by Crippen LogP contribution is -2.22. The molecule has 5 nitrogen and oxygen atoms in total. The van der Waals surface area contributed by atoms with Crippen LogP contribution in [0, 0.1) is 11.6 Å². The first-order valence-electron chi connectivity index (χ1n) is 5.24. The number of guanidine groups is 1. The third-order valence-electron chi connectivity index (χ3n) is 2.10. The van der Waals surface area contributed by atoms with Crippen molar-refractivity contribution in [3.63, 3.8) is 0 Å². The quantitative estimate of drug-likeness (QED) is 0.656. The molecule has 0 aliphatic carbocycles. The highest BCUT2D eigenvalue weighted by atomic mass is 19.1. The molecular weight excluding hydrogens is 254 g/mol. The SMILES string of the molecule is NC(N)=Nc1cccnc1Oc1ccc(F)cc1F. The Kier molecular flexibility index (Phi) is 3.56. The van der Waals surface area contributed by atoms with Crippen LogP contribution in [0.15, 0.2) is 41.5 Å². The second kappa shape index (κ2) is 5.30. The highest BCUT2D eigenvalue weighted by molar-refractivity contribution is 5.79. The second-order valence-corrected chi connectivity index (χ2v) is 3.54. The van der Waals surface area contributed by atoms with Crippen molar-refractivity contribution in [2.45, 2.75) is 0 Å². The largest absolute Gasteiger partial charge is 0.434 e.